The van der Waals surface area contributed by atoms with Crippen molar-refractivity contribution in [2.24, 2.45) is 34.5 Å². The van der Waals surface area contributed by atoms with Crippen molar-refractivity contribution in [3.05, 3.63) is 59.2 Å². The fraction of sp³-hybridized carbons (Fsp3) is 0.594. The molecule has 0 saturated heterocycles. The molecule has 5 rings (SSSR count). The lowest BCUT2D eigenvalue weighted by molar-refractivity contribution is -0.152. The van der Waals surface area contributed by atoms with Crippen LogP contribution in [0.4, 0.5) is 0 Å². The first kappa shape index (κ1) is 25.2. The molecular weight excluding hydrogens is 448 g/mol. The Labute approximate surface area is 215 Å². The number of Topliss-reactive ketones (excluding diaryl/α,β-unsaturated/α-hetero) is 2. The molecule has 0 amide bonds. The number of rotatable bonds is 5. The Kier molecular flexibility index (Phi) is 6.59. The lowest BCUT2D eigenvalue weighted by Gasteiger charge is -2.58. The largest absolute Gasteiger partial charge is 0.465 e. The minimum Gasteiger partial charge on any atom is -0.465 e. The number of carbonyl (C=O) groups excluding carboxylic acids is 3. The summed E-state index contributed by atoms with van der Waals surface area (Å²) in [6, 6.07) is 7.32. The van der Waals surface area contributed by atoms with Crippen LogP contribution in [0.3, 0.4) is 0 Å². The topological polar surface area (TPSA) is 60.4 Å². The van der Waals surface area contributed by atoms with E-state index in [1.165, 1.54) is 24.5 Å². The van der Waals surface area contributed by atoms with E-state index >= 15 is 0 Å². The zero-order valence-electron chi connectivity index (χ0n) is 22.1. The Morgan fingerprint density at radius 3 is 2.47 bits per heavy atom. The average Bonchev–Trinajstić information content (AvgIpc) is 2.85. The Morgan fingerprint density at radius 2 is 1.78 bits per heavy atom. The summed E-state index contributed by atoms with van der Waals surface area (Å²) in [5.41, 5.74) is 4.06. The zero-order chi connectivity index (χ0) is 25.7. The van der Waals surface area contributed by atoms with E-state index in [9.17, 15) is 14.4 Å². The summed E-state index contributed by atoms with van der Waals surface area (Å²) >= 11 is 0. The fourth-order valence-electron chi connectivity index (χ4n) is 8.43. The summed E-state index contributed by atoms with van der Waals surface area (Å²) in [5.74, 6) is 0.596. The van der Waals surface area contributed by atoms with Gasteiger partial charge in [0.05, 0.1) is 6.61 Å². The molecule has 192 valence electrons. The summed E-state index contributed by atoms with van der Waals surface area (Å²) in [6.45, 7) is 11.3. The Hall–Kier alpha value is -2.49. The van der Waals surface area contributed by atoms with Crippen LogP contribution in [0.1, 0.15) is 99.3 Å². The van der Waals surface area contributed by atoms with Gasteiger partial charge in [0.1, 0.15) is 0 Å². The van der Waals surface area contributed by atoms with Crippen LogP contribution in [-0.4, -0.2) is 24.1 Å². The highest BCUT2D eigenvalue weighted by atomic mass is 16.5. The van der Waals surface area contributed by atoms with Crippen molar-refractivity contribution < 1.29 is 19.1 Å². The normalized spacial score (nSPS) is 35.9. The van der Waals surface area contributed by atoms with Gasteiger partial charge in [-0.3, -0.25) is 14.4 Å². The first-order valence-electron chi connectivity index (χ1n) is 13.8. The van der Waals surface area contributed by atoms with Gasteiger partial charge in [0.15, 0.2) is 11.6 Å². The molecule has 2 unspecified atom stereocenters. The van der Waals surface area contributed by atoms with Gasteiger partial charge in [0.25, 0.3) is 0 Å². The molecule has 1 aromatic rings. The van der Waals surface area contributed by atoms with Gasteiger partial charge in [0, 0.05) is 35.3 Å². The number of benzene rings is 1. The molecule has 4 nitrogen and oxygen atoms in total. The lowest BCUT2D eigenvalue weighted by atomic mass is 9.46. The molecule has 2 fully saturated rings. The summed E-state index contributed by atoms with van der Waals surface area (Å²) < 4.78 is 5.56. The maximum atomic E-state index is 13.3. The van der Waals surface area contributed by atoms with Gasteiger partial charge >= 0.3 is 5.97 Å². The number of fused-ring (bicyclic) bond motifs is 3. The third-order valence-corrected chi connectivity index (χ3v) is 10.3. The van der Waals surface area contributed by atoms with Crippen LogP contribution in [0.25, 0.3) is 0 Å². The van der Waals surface area contributed by atoms with Crippen molar-refractivity contribution in [2.45, 2.75) is 78.6 Å². The van der Waals surface area contributed by atoms with Crippen LogP contribution in [0.5, 0.6) is 0 Å². The molecule has 4 aliphatic rings. The molecule has 4 aliphatic carbocycles. The van der Waals surface area contributed by atoms with E-state index in [1.54, 1.807) is 6.07 Å². The number of allylic oxidation sites excluding steroid dienone is 3. The van der Waals surface area contributed by atoms with E-state index in [0.717, 1.165) is 38.5 Å². The average molecular weight is 489 g/mol. The van der Waals surface area contributed by atoms with Gasteiger partial charge in [-0.1, -0.05) is 68.3 Å². The first-order chi connectivity index (χ1) is 17.1. The monoisotopic (exact) mass is 488 g/mol. The third-order valence-electron chi connectivity index (χ3n) is 10.3. The van der Waals surface area contributed by atoms with E-state index in [4.69, 9.17) is 4.74 Å². The number of hydrogen-bond acceptors (Lipinski definition) is 4. The number of ketones is 2. The Morgan fingerprint density at radius 1 is 1.08 bits per heavy atom. The van der Waals surface area contributed by atoms with Crippen LogP contribution in [0.15, 0.2) is 48.1 Å². The molecule has 1 aromatic carbocycles. The van der Waals surface area contributed by atoms with Crippen molar-refractivity contribution in [2.75, 3.05) is 6.61 Å². The standard InChI is InChI=1S/C32H40O4/c1-20-10-15-28-31(3,19-36-21(2)33)16-7-17-32(28,4)27(20)14-12-22-11-13-25-26(18-22)30(35)24-9-6-5-8-23(24)29(25)34/h5-6,8-9,11,25-28H,1,7,10,12-19H2,2-4H3/t25?,26?,27-,28-,31+,32+/m0/s1. The van der Waals surface area contributed by atoms with Crippen LogP contribution in [0, 0.1) is 34.5 Å². The Bertz CT molecular complexity index is 1130. The van der Waals surface area contributed by atoms with E-state index in [1.807, 2.05) is 18.2 Å². The predicted octanol–water partition coefficient (Wildman–Crippen LogP) is 7.14. The van der Waals surface area contributed by atoms with Crippen molar-refractivity contribution in [3.8, 4) is 0 Å². The van der Waals surface area contributed by atoms with Crippen LogP contribution < -0.4 is 0 Å². The summed E-state index contributed by atoms with van der Waals surface area (Å²) in [7, 11) is 0. The minimum absolute atomic E-state index is 0.0111. The second kappa shape index (κ2) is 9.43. The van der Waals surface area contributed by atoms with Crippen molar-refractivity contribution in [1.82, 2.24) is 0 Å². The van der Waals surface area contributed by atoms with Gasteiger partial charge in [-0.25, -0.2) is 0 Å². The smallest absolute Gasteiger partial charge is 0.302 e. The lowest BCUT2D eigenvalue weighted by Crippen LogP contribution is -2.52. The highest BCUT2D eigenvalue weighted by molar-refractivity contribution is 6.16. The molecule has 36 heavy (non-hydrogen) atoms. The van der Waals surface area contributed by atoms with Crippen LogP contribution in [0.2, 0.25) is 0 Å². The van der Waals surface area contributed by atoms with Crippen molar-refractivity contribution in [3.63, 3.8) is 0 Å². The maximum Gasteiger partial charge on any atom is 0.302 e. The molecule has 0 heterocycles. The molecule has 2 saturated carbocycles. The van der Waals surface area contributed by atoms with Crippen LogP contribution >= 0.6 is 0 Å². The van der Waals surface area contributed by atoms with E-state index < -0.39 is 0 Å². The van der Waals surface area contributed by atoms with Gasteiger partial charge in [0.2, 0.25) is 0 Å². The highest BCUT2D eigenvalue weighted by Gasteiger charge is 2.54. The van der Waals surface area contributed by atoms with Gasteiger partial charge in [-0.15, -0.1) is 0 Å². The summed E-state index contributed by atoms with van der Waals surface area (Å²) in [4.78, 5) is 38.0. The molecule has 0 spiro atoms. The number of hydrogen-bond donors (Lipinski definition) is 0. The minimum atomic E-state index is -0.216. The van der Waals surface area contributed by atoms with E-state index in [2.05, 4.69) is 26.5 Å². The highest BCUT2D eigenvalue weighted by Crippen LogP contribution is 2.62. The first-order valence-corrected chi connectivity index (χ1v) is 13.8. The molecule has 0 N–H and O–H groups in total. The molecule has 4 heteroatoms. The fourth-order valence-corrected chi connectivity index (χ4v) is 8.43. The summed E-state index contributed by atoms with van der Waals surface area (Å²) in [6.07, 6.45) is 11.2. The third kappa shape index (κ3) is 4.21. The molecule has 0 aliphatic heterocycles. The SMILES string of the molecule is C=C1CC[C@H]2[C@@](C)(COC(C)=O)CCC[C@]2(C)[C@H]1CCC1=CCC2C(=O)c3ccccc3C(=O)C2C1. The van der Waals surface area contributed by atoms with E-state index in [-0.39, 0.29) is 40.2 Å². The van der Waals surface area contributed by atoms with Gasteiger partial charge < -0.3 is 4.74 Å². The zero-order valence-corrected chi connectivity index (χ0v) is 22.1. The molecule has 0 radical (unpaired) electrons. The molecule has 6 atom stereocenters. The van der Waals surface area contributed by atoms with Gasteiger partial charge in [-0.05, 0) is 68.6 Å². The quantitative estimate of drug-likeness (QED) is 0.326. The molecule has 0 aromatic heterocycles. The maximum absolute atomic E-state index is 13.3. The Balaban J connectivity index is 1.31. The predicted molar refractivity (Wildman–Crippen MR) is 141 cm³/mol. The number of esters is 1. The number of carbonyl (C=O) groups is 3. The van der Waals surface area contributed by atoms with Crippen LogP contribution in [-0.2, 0) is 9.53 Å². The van der Waals surface area contributed by atoms with E-state index in [0.29, 0.717) is 42.4 Å². The van der Waals surface area contributed by atoms with Crippen molar-refractivity contribution in [1.29, 1.82) is 0 Å². The molecular formula is C32H40O4. The number of ether oxygens (including phenoxy) is 1. The summed E-state index contributed by atoms with van der Waals surface area (Å²) in [5, 5.41) is 0. The van der Waals surface area contributed by atoms with Crippen molar-refractivity contribution >= 4 is 17.5 Å². The van der Waals surface area contributed by atoms with Gasteiger partial charge in [-0.2, -0.15) is 0 Å². The molecule has 0 bridgehead atoms. The second-order valence-corrected chi connectivity index (χ2v) is 12.4. The second-order valence-electron chi connectivity index (χ2n) is 12.4.